The summed E-state index contributed by atoms with van der Waals surface area (Å²) >= 11 is 1.88. The molecule has 1 aliphatic rings. The van der Waals surface area contributed by atoms with Gasteiger partial charge in [0.1, 0.15) is 0 Å². The molecule has 0 atom stereocenters. The third kappa shape index (κ3) is 4.35. The van der Waals surface area contributed by atoms with Gasteiger partial charge >= 0.3 is 0 Å². The molecule has 0 spiro atoms. The number of rotatable bonds is 5. The minimum absolute atomic E-state index is 1.10. The van der Waals surface area contributed by atoms with Crippen LogP contribution < -0.4 is 4.90 Å². The van der Waals surface area contributed by atoms with Crippen LogP contribution in [0, 0.1) is 0 Å². The van der Waals surface area contributed by atoms with Crippen molar-refractivity contribution in [1.29, 1.82) is 0 Å². The summed E-state index contributed by atoms with van der Waals surface area (Å²) in [5.41, 5.74) is 13.0. The molecule has 244 valence electrons. The van der Waals surface area contributed by atoms with Crippen LogP contribution in [0.1, 0.15) is 0 Å². The highest BCUT2D eigenvalue weighted by molar-refractivity contribution is 7.99. The van der Waals surface area contributed by atoms with Crippen LogP contribution >= 0.6 is 11.8 Å². The Balaban J connectivity index is 1.18. The van der Waals surface area contributed by atoms with Gasteiger partial charge in [-0.3, -0.25) is 0 Å². The third-order valence-electron chi connectivity index (χ3n) is 10.4. The first-order chi connectivity index (χ1) is 25.8. The van der Waals surface area contributed by atoms with Gasteiger partial charge in [0, 0.05) is 54.1 Å². The van der Waals surface area contributed by atoms with E-state index in [-0.39, 0.29) is 0 Å². The molecule has 0 amide bonds. The Bertz CT molecular complexity index is 2990. The van der Waals surface area contributed by atoms with Crippen molar-refractivity contribution in [3.05, 3.63) is 188 Å². The normalized spacial score (nSPS) is 12.2. The van der Waals surface area contributed by atoms with Crippen molar-refractivity contribution in [2.45, 2.75) is 9.79 Å². The SMILES string of the molecule is c1ccc(-c2cccc(N(c3ccccc3)c3cccc(-n4c5ccccc5c5c6c7ccccc7n7c6c(cc54)Sc4ccccc4-7)c3)c2)cc1. The summed E-state index contributed by atoms with van der Waals surface area (Å²) in [6, 6.07) is 68.2. The van der Waals surface area contributed by atoms with Crippen molar-refractivity contribution in [1.82, 2.24) is 9.13 Å². The maximum Gasteiger partial charge on any atom is 0.0688 e. The van der Waals surface area contributed by atoms with Gasteiger partial charge in [0.15, 0.2) is 0 Å². The van der Waals surface area contributed by atoms with Gasteiger partial charge in [-0.2, -0.15) is 0 Å². The topological polar surface area (TPSA) is 13.1 Å². The number of fused-ring (bicyclic) bond motifs is 9. The van der Waals surface area contributed by atoms with Crippen molar-refractivity contribution in [3.8, 4) is 22.5 Å². The maximum atomic E-state index is 2.49. The summed E-state index contributed by atoms with van der Waals surface area (Å²) < 4.78 is 4.96. The van der Waals surface area contributed by atoms with Gasteiger partial charge in [0.05, 0.1) is 27.8 Å². The van der Waals surface area contributed by atoms with Crippen molar-refractivity contribution >= 4 is 72.4 Å². The van der Waals surface area contributed by atoms with Crippen LogP contribution in [0.4, 0.5) is 17.1 Å². The molecule has 3 heterocycles. The average Bonchev–Trinajstić information content (AvgIpc) is 3.73. The first kappa shape index (κ1) is 29.3. The van der Waals surface area contributed by atoms with E-state index in [1.165, 1.54) is 70.2 Å². The van der Waals surface area contributed by atoms with Gasteiger partial charge in [-0.15, -0.1) is 0 Å². The molecule has 10 aromatic rings. The maximum absolute atomic E-state index is 2.49. The number of hydrogen-bond donors (Lipinski definition) is 0. The molecule has 2 aromatic heterocycles. The molecular formula is C48H31N3S. The Hall–Kier alpha value is -6.49. The molecule has 4 heteroatoms. The first-order valence-corrected chi connectivity index (χ1v) is 18.5. The lowest BCUT2D eigenvalue weighted by Crippen LogP contribution is -2.10. The van der Waals surface area contributed by atoms with E-state index >= 15 is 0 Å². The third-order valence-corrected chi connectivity index (χ3v) is 11.5. The van der Waals surface area contributed by atoms with E-state index in [0.717, 1.165) is 22.7 Å². The molecule has 0 unspecified atom stereocenters. The van der Waals surface area contributed by atoms with E-state index in [2.05, 4.69) is 202 Å². The molecule has 0 saturated carbocycles. The summed E-state index contributed by atoms with van der Waals surface area (Å²) in [4.78, 5) is 4.92. The van der Waals surface area contributed by atoms with Gasteiger partial charge in [-0.05, 0) is 83.9 Å². The average molecular weight is 682 g/mol. The predicted molar refractivity (Wildman–Crippen MR) is 219 cm³/mol. The molecular weight excluding hydrogens is 651 g/mol. The Morgan fingerprint density at radius 3 is 1.79 bits per heavy atom. The molecule has 0 fully saturated rings. The molecule has 0 saturated heterocycles. The molecule has 52 heavy (non-hydrogen) atoms. The lowest BCUT2D eigenvalue weighted by molar-refractivity contribution is 1.09. The molecule has 8 aromatic carbocycles. The number of hydrogen-bond acceptors (Lipinski definition) is 2. The summed E-state index contributed by atoms with van der Waals surface area (Å²) in [5.74, 6) is 0. The van der Waals surface area contributed by atoms with E-state index in [0.29, 0.717) is 0 Å². The Morgan fingerprint density at radius 1 is 0.385 bits per heavy atom. The second-order valence-electron chi connectivity index (χ2n) is 13.4. The monoisotopic (exact) mass is 681 g/mol. The van der Waals surface area contributed by atoms with E-state index in [9.17, 15) is 0 Å². The number of anilines is 3. The van der Waals surface area contributed by atoms with Crippen LogP contribution in [0.15, 0.2) is 198 Å². The smallest absolute Gasteiger partial charge is 0.0688 e. The lowest BCUT2D eigenvalue weighted by Gasteiger charge is -2.26. The van der Waals surface area contributed by atoms with E-state index < -0.39 is 0 Å². The van der Waals surface area contributed by atoms with Gasteiger partial charge < -0.3 is 14.0 Å². The van der Waals surface area contributed by atoms with Gasteiger partial charge in [0.2, 0.25) is 0 Å². The molecule has 1 aliphatic heterocycles. The van der Waals surface area contributed by atoms with Crippen LogP contribution in [0.5, 0.6) is 0 Å². The number of nitrogens with zero attached hydrogens (tertiary/aromatic N) is 3. The van der Waals surface area contributed by atoms with Crippen LogP contribution in [0.3, 0.4) is 0 Å². The standard InChI is InChI=1S/C48H31N3S/c1-3-15-32(16-4-1)33-17-13-20-35(29-33)49(34-18-5-2-6-19-34)36-21-14-22-37(30-36)50-40-25-9-7-23-38(40)46-43(50)31-45-48-47(46)39-24-8-10-26-41(39)51(48)42-27-11-12-28-44(42)52-45/h1-31H. The lowest BCUT2D eigenvalue weighted by atomic mass is 10.0. The Labute approximate surface area is 305 Å². The fourth-order valence-corrected chi connectivity index (χ4v) is 9.39. The zero-order chi connectivity index (χ0) is 34.2. The zero-order valence-corrected chi connectivity index (χ0v) is 29.0. The van der Waals surface area contributed by atoms with E-state index in [1.54, 1.807) is 0 Å². The minimum atomic E-state index is 1.10. The van der Waals surface area contributed by atoms with E-state index in [1.807, 2.05) is 11.8 Å². The van der Waals surface area contributed by atoms with Crippen molar-refractivity contribution in [3.63, 3.8) is 0 Å². The van der Waals surface area contributed by atoms with Gasteiger partial charge in [-0.1, -0.05) is 127 Å². The van der Waals surface area contributed by atoms with Crippen molar-refractivity contribution in [2.75, 3.05) is 4.90 Å². The summed E-state index contributed by atoms with van der Waals surface area (Å²) in [6.07, 6.45) is 0. The summed E-state index contributed by atoms with van der Waals surface area (Å²) in [5, 5.41) is 5.16. The largest absolute Gasteiger partial charge is 0.310 e. The highest BCUT2D eigenvalue weighted by Crippen LogP contribution is 2.51. The fraction of sp³-hybridized carbons (Fsp3) is 0. The highest BCUT2D eigenvalue weighted by Gasteiger charge is 2.27. The number of para-hydroxylation sites is 4. The predicted octanol–water partition coefficient (Wildman–Crippen LogP) is 13.5. The second kappa shape index (κ2) is 11.5. The van der Waals surface area contributed by atoms with Gasteiger partial charge in [0.25, 0.3) is 0 Å². The Kier molecular flexibility index (Phi) is 6.48. The highest BCUT2D eigenvalue weighted by atomic mass is 32.2. The van der Waals surface area contributed by atoms with Gasteiger partial charge in [-0.25, -0.2) is 0 Å². The van der Waals surface area contributed by atoms with Crippen LogP contribution in [0.2, 0.25) is 0 Å². The molecule has 0 aliphatic carbocycles. The molecule has 0 N–H and O–H groups in total. The number of benzene rings is 8. The van der Waals surface area contributed by atoms with Crippen LogP contribution in [-0.4, -0.2) is 9.13 Å². The minimum Gasteiger partial charge on any atom is -0.310 e. The molecule has 0 bridgehead atoms. The zero-order valence-electron chi connectivity index (χ0n) is 28.1. The Morgan fingerprint density at radius 2 is 0.981 bits per heavy atom. The quantitative estimate of drug-likeness (QED) is 0.179. The van der Waals surface area contributed by atoms with Crippen LogP contribution in [0.25, 0.3) is 66.1 Å². The number of aromatic nitrogens is 2. The van der Waals surface area contributed by atoms with Crippen LogP contribution in [-0.2, 0) is 0 Å². The molecule has 3 nitrogen and oxygen atoms in total. The summed E-state index contributed by atoms with van der Waals surface area (Å²) in [7, 11) is 0. The van der Waals surface area contributed by atoms with Crippen molar-refractivity contribution in [2.24, 2.45) is 0 Å². The van der Waals surface area contributed by atoms with Crippen molar-refractivity contribution < 1.29 is 0 Å². The summed E-state index contributed by atoms with van der Waals surface area (Å²) in [6.45, 7) is 0. The first-order valence-electron chi connectivity index (χ1n) is 17.7. The molecule has 11 rings (SSSR count). The van der Waals surface area contributed by atoms with E-state index in [4.69, 9.17) is 0 Å². The molecule has 0 radical (unpaired) electrons. The fourth-order valence-electron chi connectivity index (χ4n) is 8.28. The second-order valence-corrected chi connectivity index (χ2v) is 14.5.